The molecule has 2 aromatic rings. The Balaban J connectivity index is 1.33. The highest BCUT2D eigenvalue weighted by Crippen LogP contribution is 2.28. The lowest BCUT2D eigenvalue weighted by molar-refractivity contribution is -0.139. The first kappa shape index (κ1) is 21.4. The van der Waals surface area contributed by atoms with Gasteiger partial charge in [-0.25, -0.2) is 0 Å². The molecular weight excluding hydrogens is 392 g/mol. The summed E-state index contributed by atoms with van der Waals surface area (Å²) in [5.41, 5.74) is 2.31. The van der Waals surface area contributed by atoms with Crippen molar-refractivity contribution in [3.63, 3.8) is 0 Å². The number of rotatable bonds is 4. The van der Waals surface area contributed by atoms with Gasteiger partial charge < -0.3 is 19.9 Å². The fourth-order valence-corrected chi connectivity index (χ4v) is 5.09. The fourth-order valence-electron chi connectivity index (χ4n) is 5.09. The number of nitrogens with one attached hydrogen (secondary N) is 1. The van der Waals surface area contributed by atoms with Gasteiger partial charge in [-0.3, -0.25) is 9.59 Å². The highest BCUT2D eigenvalue weighted by Gasteiger charge is 2.32. The lowest BCUT2D eigenvalue weighted by atomic mass is 9.84. The normalized spacial score (nSPS) is 24.0. The number of β-amino-alcohol motifs (C(OH)–C–C–N with tert-alkyl or cyclic N) is 1. The second-order valence-electron chi connectivity index (χ2n) is 8.87. The molecule has 0 radical (unpaired) electrons. The maximum Gasteiger partial charge on any atom is 0.240 e. The zero-order chi connectivity index (χ0) is 22.0. The van der Waals surface area contributed by atoms with Gasteiger partial charge in [0.15, 0.2) is 0 Å². The van der Waals surface area contributed by atoms with Gasteiger partial charge >= 0.3 is 0 Å². The van der Waals surface area contributed by atoms with Gasteiger partial charge in [0, 0.05) is 36.1 Å². The molecule has 2 amide bonds. The number of aromatic nitrogens is 1. The van der Waals surface area contributed by atoms with E-state index < -0.39 is 6.10 Å². The first-order chi connectivity index (χ1) is 15.0. The molecule has 1 aliphatic heterocycles. The van der Waals surface area contributed by atoms with Crippen LogP contribution in [-0.4, -0.2) is 51.6 Å². The Labute approximate surface area is 182 Å². The van der Waals surface area contributed by atoms with Crippen molar-refractivity contribution in [2.24, 2.45) is 5.92 Å². The summed E-state index contributed by atoms with van der Waals surface area (Å²) in [6, 6.07) is 9.99. The predicted octanol–water partition coefficient (Wildman–Crippen LogP) is 2.48. The van der Waals surface area contributed by atoms with E-state index in [2.05, 4.69) is 11.4 Å². The first-order valence-corrected chi connectivity index (χ1v) is 11.2. The van der Waals surface area contributed by atoms with Crippen molar-refractivity contribution in [1.82, 2.24) is 14.8 Å². The molecule has 164 valence electrons. The van der Waals surface area contributed by atoms with Gasteiger partial charge in [-0.05, 0) is 51.5 Å². The number of fused-ring (bicyclic) bond motifs is 1. The summed E-state index contributed by atoms with van der Waals surface area (Å²) < 4.78 is 1.90. The maximum atomic E-state index is 12.8. The van der Waals surface area contributed by atoms with Gasteiger partial charge in [-0.2, -0.15) is 5.26 Å². The molecule has 4 rings (SSSR count). The number of carbonyl (C=O) groups is 2. The number of hydrogen-bond donors (Lipinski definition) is 2. The number of hydrogen-bond acceptors (Lipinski definition) is 4. The monoisotopic (exact) mass is 422 g/mol. The van der Waals surface area contributed by atoms with E-state index in [0.29, 0.717) is 12.1 Å². The van der Waals surface area contributed by atoms with E-state index in [4.69, 9.17) is 0 Å². The van der Waals surface area contributed by atoms with Crippen LogP contribution in [0.15, 0.2) is 24.3 Å². The molecule has 0 spiro atoms. The number of aliphatic hydroxyl groups is 1. The summed E-state index contributed by atoms with van der Waals surface area (Å²) in [6.07, 6.45) is 4.33. The number of nitriles is 1. The molecule has 2 aliphatic rings. The molecule has 1 saturated carbocycles. The van der Waals surface area contributed by atoms with Crippen molar-refractivity contribution >= 4 is 22.7 Å². The standard InChI is InChI=1S/C24H30N4O3/c1-16-21(13-25)20-6-2-3-7-22(20)28(16)15-23(30)26-18-10-8-17(9-11-18)24(31)27-12-4-5-19(29)14-27/h2-3,6-7,17-19,29H,4-5,8-12,14-15H2,1H3,(H,26,30). The minimum Gasteiger partial charge on any atom is -0.391 e. The Morgan fingerprint density at radius 3 is 2.65 bits per heavy atom. The number of piperidine rings is 1. The SMILES string of the molecule is Cc1c(C#N)c2ccccc2n1CC(=O)NC1CCC(C(=O)N2CCCC(O)C2)CC1. The zero-order valence-electron chi connectivity index (χ0n) is 18.0. The Morgan fingerprint density at radius 2 is 1.94 bits per heavy atom. The molecule has 2 fully saturated rings. The average Bonchev–Trinajstić information content (AvgIpc) is 3.04. The van der Waals surface area contributed by atoms with Gasteiger partial charge in [0.1, 0.15) is 12.6 Å². The molecule has 2 N–H and O–H groups in total. The largest absolute Gasteiger partial charge is 0.391 e. The Kier molecular flexibility index (Phi) is 6.28. The van der Waals surface area contributed by atoms with Crippen LogP contribution in [0.3, 0.4) is 0 Å². The highest BCUT2D eigenvalue weighted by atomic mass is 16.3. The molecule has 1 unspecified atom stereocenters. The van der Waals surface area contributed by atoms with E-state index in [0.717, 1.165) is 61.7 Å². The lowest BCUT2D eigenvalue weighted by Crippen LogP contribution is -2.47. The van der Waals surface area contributed by atoms with Gasteiger partial charge in [-0.1, -0.05) is 18.2 Å². The molecule has 2 heterocycles. The van der Waals surface area contributed by atoms with Crippen molar-refractivity contribution in [3.05, 3.63) is 35.5 Å². The number of amides is 2. The lowest BCUT2D eigenvalue weighted by Gasteiger charge is -2.35. The van der Waals surface area contributed by atoms with Crippen LogP contribution < -0.4 is 5.32 Å². The van der Waals surface area contributed by atoms with Crippen LogP contribution in [0.5, 0.6) is 0 Å². The third-order valence-electron chi connectivity index (χ3n) is 6.79. The van der Waals surface area contributed by atoms with Gasteiger partial charge in [0.25, 0.3) is 0 Å². The zero-order valence-corrected chi connectivity index (χ0v) is 18.0. The summed E-state index contributed by atoms with van der Waals surface area (Å²) in [7, 11) is 0. The molecule has 1 saturated heterocycles. The van der Waals surface area contributed by atoms with Crippen LogP contribution in [0, 0.1) is 24.2 Å². The molecule has 31 heavy (non-hydrogen) atoms. The van der Waals surface area contributed by atoms with Crippen molar-refractivity contribution in [3.8, 4) is 6.07 Å². The number of benzene rings is 1. The van der Waals surface area contributed by atoms with Crippen molar-refractivity contribution in [1.29, 1.82) is 5.26 Å². The van der Waals surface area contributed by atoms with Crippen LogP contribution in [-0.2, 0) is 16.1 Å². The molecule has 7 heteroatoms. The second kappa shape index (κ2) is 9.11. The topological polar surface area (TPSA) is 98.4 Å². The molecule has 1 aromatic carbocycles. The van der Waals surface area contributed by atoms with Gasteiger partial charge in [0.05, 0.1) is 17.2 Å². The van der Waals surface area contributed by atoms with Crippen LogP contribution >= 0.6 is 0 Å². The minimum absolute atomic E-state index is 0.00715. The summed E-state index contributed by atoms with van der Waals surface area (Å²) in [5.74, 6) is 0.0801. The van der Waals surface area contributed by atoms with Crippen molar-refractivity contribution in [2.75, 3.05) is 13.1 Å². The van der Waals surface area contributed by atoms with Crippen LogP contribution in [0.2, 0.25) is 0 Å². The Bertz CT molecular complexity index is 1010. The maximum absolute atomic E-state index is 12.8. The average molecular weight is 423 g/mol. The molecule has 1 aliphatic carbocycles. The number of aliphatic hydroxyl groups excluding tert-OH is 1. The van der Waals surface area contributed by atoms with Gasteiger partial charge in [-0.15, -0.1) is 0 Å². The Hall–Kier alpha value is -2.85. The van der Waals surface area contributed by atoms with Crippen LogP contribution in [0.4, 0.5) is 0 Å². The third kappa shape index (κ3) is 4.45. The molecule has 1 aromatic heterocycles. The van der Waals surface area contributed by atoms with E-state index in [-0.39, 0.29) is 30.3 Å². The highest BCUT2D eigenvalue weighted by molar-refractivity contribution is 5.89. The van der Waals surface area contributed by atoms with Crippen LogP contribution in [0.1, 0.15) is 49.8 Å². The number of nitrogens with zero attached hydrogens (tertiary/aromatic N) is 3. The smallest absolute Gasteiger partial charge is 0.240 e. The van der Waals surface area contributed by atoms with E-state index in [1.54, 1.807) is 0 Å². The second-order valence-corrected chi connectivity index (χ2v) is 8.87. The number of likely N-dealkylation sites (tertiary alicyclic amines) is 1. The first-order valence-electron chi connectivity index (χ1n) is 11.2. The van der Waals surface area contributed by atoms with E-state index >= 15 is 0 Å². The summed E-state index contributed by atoms with van der Waals surface area (Å²) in [5, 5.41) is 23.3. The molecule has 0 bridgehead atoms. The van der Waals surface area contributed by atoms with E-state index in [1.165, 1.54) is 0 Å². The van der Waals surface area contributed by atoms with Crippen molar-refractivity contribution < 1.29 is 14.7 Å². The van der Waals surface area contributed by atoms with Gasteiger partial charge in [0.2, 0.25) is 11.8 Å². The third-order valence-corrected chi connectivity index (χ3v) is 6.79. The van der Waals surface area contributed by atoms with Crippen molar-refractivity contribution in [2.45, 2.75) is 64.1 Å². The van der Waals surface area contributed by atoms with Crippen LogP contribution in [0.25, 0.3) is 10.9 Å². The fraction of sp³-hybridized carbons (Fsp3) is 0.542. The quantitative estimate of drug-likeness (QED) is 0.791. The van der Waals surface area contributed by atoms with E-state index in [1.807, 2.05) is 40.7 Å². The summed E-state index contributed by atoms with van der Waals surface area (Å²) in [4.78, 5) is 27.3. The number of para-hydroxylation sites is 1. The molecule has 1 atom stereocenters. The Morgan fingerprint density at radius 1 is 1.19 bits per heavy atom. The molecular formula is C24H30N4O3. The van der Waals surface area contributed by atoms with E-state index in [9.17, 15) is 20.0 Å². The minimum atomic E-state index is -0.400. The summed E-state index contributed by atoms with van der Waals surface area (Å²) in [6.45, 7) is 3.24. The molecule has 7 nitrogen and oxygen atoms in total. The number of carbonyl (C=O) groups excluding carboxylic acids is 2. The summed E-state index contributed by atoms with van der Waals surface area (Å²) >= 11 is 0. The predicted molar refractivity (Wildman–Crippen MR) is 117 cm³/mol.